The summed E-state index contributed by atoms with van der Waals surface area (Å²) in [6.45, 7) is 0.304. The largest absolute Gasteiger partial charge is 0.416 e. The molecule has 0 aliphatic carbocycles. The molecule has 39 heavy (non-hydrogen) atoms. The van der Waals surface area contributed by atoms with Crippen LogP contribution in [0.5, 0.6) is 0 Å². The average molecular weight is 549 g/mol. The van der Waals surface area contributed by atoms with Gasteiger partial charge in [0, 0.05) is 24.1 Å². The molecule has 0 fully saturated rings. The van der Waals surface area contributed by atoms with Gasteiger partial charge in [0.2, 0.25) is 5.16 Å². The van der Waals surface area contributed by atoms with Gasteiger partial charge in [0.1, 0.15) is 5.52 Å². The third kappa shape index (κ3) is 6.32. The van der Waals surface area contributed by atoms with Gasteiger partial charge in [0.05, 0.1) is 16.9 Å². The van der Waals surface area contributed by atoms with Crippen LogP contribution < -0.4 is 16.4 Å². The Kier molecular flexibility index (Phi) is 7.42. The molecular weight excluding hydrogens is 525 g/mol. The number of rotatable bonds is 8. The summed E-state index contributed by atoms with van der Waals surface area (Å²) in [4.78, 5) is 17.2. The zero-order valence-electron chi connectivity index (χ0n) is 20.4. The second-order valence-electron chi connectivity index (χ2n) is 8.66. The molecule has 3 aromatic carbocycles. The zero-order valence-corrected chi connectivity index (χ0v) is 21.3. The summed E-state index contributed by atoms with van der Waals surface area (Å²) in [6.07, 6.45) is -2.57. The van der Waals surface area contributed by atoms with E-state index in [1.165, 1.54) is 23.9 Å². The van der Waals surface area contributed by atoms with Gasteiger partial charge < -0.3 is 16.4 Å². The maximum absolute atomic E-state index is 12.8. The maximum atomic E-state index is 12.8. The lowest BCUT2D eigenvalue weighted by atomic mass is 10.1. The summed E-state index contributed by atoms with van der Waals surface area (Å²) in [6, 6.07) is 23.0. The Balaban J connectivity index is 1.23. The van der Waals surface area contributed by atoms with Crippen LogP contribution in [0.3, 0.4) is 0 Å². The standard InChI is InChI=1S/C28H23F3N6OS/c29-28(30,31)21-13-9-18(10-14-21)16-33-25-24-6-3-15-37(24)36-27(35-25)39-17-19-7-11-20(12-8-19)26(38)34-23-5-2-1-4-22(23)32/h1-15H,16-17,32H2,(H,34,38)(H,33,35,36). The number of hydrogen-bond donors (Lipinski definition) is 3. The SMILES string of the molecule is Nc1ccccc1NC(=O)c1ccc(CSc2nc(NCc3ccc(C(F)(F)F)cc3)c3cccn3n2)cc1. The maximum Gasteiger partial charge on any atom is 0.416 e. The summed E-state index contributed by atoms with van der Waals surface area (Å²) in [5.41, 5.74) is 9.19. The molecule has 1 amide bonds. The third-order valence-corrected chi connectivity index (χ3v) is 6.81. The van der Waals surface area contributed by atoms with E-state index in [9.17, 15) is 18.0 Å². The van der Waals surface area contributed by atoms with Crippen LogP contribution in [0.1, 0.15) is 27.0 Å². The number of carbonyl (C=O) groups is 1. The second kappa shape index (κ2) is 11.1. The summed E-state index contributed by atoms with van der Waals surface area (Å²) in [7, 11) is 0. The van der Waals surface area contributed by atoms with Crippen LogP contribution in [-0.4, -0.2) is 20.5 Å². The van der Waals surface area contributed by atoms with Gasteiger partial charge in [-0.3, -0.25) is 4.79 Å². The Morgan fingerprint density at radius 2 is 1.64 bits per heavy atom. The molecule has 0 saturated heterocycles. The normalized spacial score (nSPS) is 11.5. The number of nitrogens with two attached hydrogens (primary N) is 1. The number of nitrogen functional groups attached to an aromatic ring is 1. The molecule has 0 aliphatic heterocycles. The van der Waals surface area contributed by atoms with Crippen molar-refractivity contribution in [3.8, 4) is 0 Å². The number of halogens is 3. The van der Waals surface area contributed by atoms with E-state index in [2.05, 4.69) is 20.7 Å². The van der Waals surface area contributed by atoms with Crippen LogP contribution in [0.15, 0.2) is 96.3 Å². The highest BCUT2D eigenvalue weighted by Crippen LogP contribution is 2.29. The minimum Gasteiger partial charge on any atom is -0.397 e. The summed E-state index contributed by atoms with van der Waals surface area (Å²) in [5.74, 6) is 0.889. The van der Waals surface area contributed by atoms with E-state index in [0.29, 0.717) is 45.8 Å². The van der Waals surface area contributed by atoms with Crippen molar-refractivity contribution in [2.75, 3.05) is 16.4 Å². The van der Waals surface area contributed by atoms with Crippen molar-refractivity contribution in [1.82, 2.24) is 14.6 Å². The first kappa shape index (κ1) is 26.1. The lowest BCUT2D eigenvalue weighted by Gasteiger charge is -2.11. The van der Waals surface area contributed by atoms with Crippen molar-refractivity contribution in [1.29, 1.82) is 0 Å². The lowest BCUT2D eigenvalue weighted by molar-refractivity contribution is -0.137. The molecule has 5 aromatic rings. The molecule has 0 bridgehead atoms. The van der Waals surface area contributed by atoms with Crippen LogP contribution in [0, 0.1) is 0 Å². The fourth-order valence-corrected chi connectivity index (χ4v) is 4.60. The van der Waals surface area contributed by atoms with Crippen LogP contribution >= 0.6 is 11.8 Å². The van der Waals surface area contributed by atoms with Crippen molar-refractivity contribution in [2.24, 2.45) is 0 Å². The van der Waals surface area contributed by atoms with Crippen molar-refractivity contribution >= 4 is 40.4 Å². The number of thioether (sulfide) groups is 1. The zero-order chi connectivity index (χ0) is 27.4. The Morgan fingerprint density at radius 1 is 0.923 bits per heavy atom. The number of fused-ring (bicyclic) bond motifs is 1. The van der Waals surface area contributed by atoms with E-state index >= 15 is 0 Å². The molecule has 0 spiro atoms. The van der Waals surface area contributed by atoms with Crippen LogP contribution in [-0.2, 0) is 18.5 Å². The van der Waals surface area contributed by atoms with Gasteiger partial charge in [0.15, 0.2) is 5.82 Å². The number of para-hydroxylation sites is 2. The Labute approximate surface area is 226 Å². The number of nitrogens with one attached hydrogen (secondary N) is 2. The quantitative estimate of drug-likeness (QED) is 0.152. The molecule has 4 N–H and O–H groups in total. The van der Waals surface area contributed by atoms with Gasteiger partial charge in [0.25, 0.3) is 5.91 Å². The number of hydrogen-bond acceptors (Lipinski definition) is 6. The van der Waals surface area contributed by atoms with Crippen LogP contribution in [0.25, 0.3) is 5.52 Å². The van der Waals surface area contributed by atoms with E-state index in [4.69, 9.17) is 5.73 Å². The first-order valence-corrected chi connectivity index (χ1v) is 12.9. The smallest absolute Gasteiger partial charge is 0.397 e. The number of alkyl halides is 3. The van der Waals surface area contributed by atoms with Gasteiger partial charge in [-0.05, 0) is 59.7 Å². The highest BCUT2D eigenvalue weighted by Gasteiger charge is 2.29. The molecule has 2 heterocycles. The molecule has 0 aliphatic rings. The van der Waals surface area contributed by atoms with Crippen molar-refractivity contribution in [3.63, 3.8) is 0 Å². The highest BCUT2D eigenvalue weighted by atomic mass is 32.2. The number of aromatic nitrogens is 3. The first-order valence-electron chi connectivity index (χ1n) is 11.9. The van der Waals surface area contributed by atoms with Gasteiger partial charge in [-0.15, -0.1) is 5.10 Å². The number of amides is 1. The number of anilines is 3. The first-order chi connectivity index (χ1) is 18.8. The second-order valence-corrected chi connectivity index (χ2v) is 9.60. The number of benzene rings is 3. The minimum absolute atomic E-state index is 0.253. The molecule has 0 atom stereocenters. The van der Waals surface area contributed by atoms with Gasteiger partial charge >= 0.3 is 6.18 Å². The summed E-state index contributed by atoms with van der Waals surface area (Å²) in [5, 5.41) is 11.1. The molecule has 0 unspecified atom stereocenters. The van der Waals surface area contributed by atoms with E-state index in [1.807, 2.05) is 24.3 Å². The highest BCUT2D eigenvalue weighted by molar-refractivity contribution is 7.98. The van der Waals surface area contributed by atoms with Gasteiger partial charge in [-0.1, -0.05) is 48.2 Å². The van der Waals surface area contributed by atoms with Crippen molar-refractivity contribution in [2.45, 2.75) is 23.6 Å². The molecule has 0 saturated carbocycles. The number of carbonyl (C=O) groups excluding carboxylic acids is 1. The average Bonchev–Trinajstić information content (AvgIpc) is 3.41. The monoisotopic (exact) mass is 548 g/mol. The fourth-order valence-electron chi connectivity index (χ4n) is 3.81. The predicted octanol–water partition coefficient (Wildman–Crippen LogP) is 6.49. The summed E-state index contributed by atoms with van der Waals surface area (Å²) < 4.78 is 40.2. The fraction of sp³-hybridized carbons (Fsp3) is 0.107. The molecule has 11 heteroatoms. The van der Waals surface area contributed by atoms with Crippen LogP contribution in [0.2, 0.25) is 0 Å². The third-order valence-electron chi connectivity index (χ3n) is 5.91. The molecule has 198 valence electrons. The van der Waals surface area contributed by atoms with Crippen molar-refractivity contribution < 1.29 is 18.0 Å². The van der Waals surface area contributed by atoms with E-state index in [0.717, 1.165) is 23.2 Å². The lowest BCUT2D eigenvalue weighted by Crippen LogP contribution is -2.13. The Morgan fingerprint density at radius 3 is 2.36 bits per heavy atom. The van der Waals surface area contributed by atoms with Gasteiger partial charge in [-0.25, -0.2) is 9.50 Å². The summed E-state index contributed by atoms with van der Waals surface area (Å²) >= 11 is 1.43. The van der Waals surface area contributed by atoms with Crippen LogP contribution in [0.4, 0.5) is 30.4 Å². The topological polar surface area (TPSA) is 97.3 Å². The Hall–Kier alpha value is -4.51. The molecule has 5 rings (SSSR count). The van der Waals surface area contributed by atoms with Gasteiger partial charge in [-0.2, -0.15) is 13.2 Å². The molecular formula is C28H23F3N6OS. The molecule has 2 aromatic heterocycles. The molecule has 0 radical (unpaired) electrons. The Bertz CT molecular complexity index is 1600. The number of nitrogens with zero attached hydrogens (tertiary/aromatic N) is 3. The van der Waals surface area contributed by atoms with Crippen molar-refractivity contribution in [3.05, 3.63) is 113 Å². The van der Waals surface area contributed by atoms with E-state index < -0.39 is 11.7 Å². The van der Waals surface area contributed by atoms with E-state index in [1.54, 1.807) is 47.1 Å². The minimum atomic E-state index is -4.37. The predicted molar refractivity (Wildman–Crippen MR) is 147 cm³/mol. The van der Waals surface area contributed by atoms with E-state index in [-0.39, 0.29) is 5.91 Å². The molecule has 7 nitrogen and oxygen atoms in total.